The maximum Gasteiger partial charge on any atom is 0.330 e. The van der Waals surface area contributed by atoms with Gasteiger partial charge in [0.1, 0.15) is 5.84 Å². The number of hydrogen-bond acceptors (Lipinski definition) is 6. The molecule has 2 rings (SSSR count). The number of rotatable bonds is 8. The van der Waals surface area contributed by atoms with Crippen molar-refractivity contribution in [1.82, 2.24) is 0 Å². The number of carboxylic acid groups (broad SMARTS) is 2. The number of anilines is 1. The predicted molar refractivity (Wildman–Crippen MR) is 109 cm³/mol. The van der Waals surface area contributed by atoms with Gasteiger partial charge in [0.2, 0.25) is 0 Å². The molecule has 9 nitrogen and oxygen atoms in total. The molecule has 2 aromatic rings. The molecule has 0 amide bonds. The Morgan fingerprint density at radius 2 is 1.72 bits per heavy atom. The molecule has 0 radical (unpaired) electrons. The van der Waals surface area contributed by atoms with Gasteiger partial charge >= 0.3 is 5.97 Å². The van der Waals surface area contributed by atoms with E-state index in [1.807, 2.05) is 6.92 Å². The Bertz CT molecular complexity index is 848. The molecule has 0 fully saturated rings. The van der Waals surface area contributed by atoms with Crippen LogP contribution in [0, 0.1) is 5.41 Å². The van der Waals surface area contributed by atoms with E-state index in [9.17, 15) is 9.90 Å². The Labute approximate surface area is 168 Å². The number of benzene rings is 2. The average Bonchev–Trinajstić information content (AvgIpc) is 2.66. The topological polar surface area (TPSA) is 155 Å². The number of carboxylic acids is 2. The van der Waals surface area contributed by atoms with Crippen LogP contribution in [-0.4, -0.2) is 41.7 Å². The van der Waals surface area contributed by atoms with Crippen LogP contribution in [-0.2, 0) is 9.59 Å². The number of nitrogens with two attached hydrogens (primary N) is 1. The maximum absolute atomic E-state index is 11.7. The number of nitrogen functional groups attached to an aromatic ring is 1. The first-order chi connectivity index (χ1) is 13.7. The molecule has 0 aliphatic carbocycles. The van der Waals surface area contributed by atoms with Crippen LogP contribution in [0.3, 0.4) is 0 Å². The van der Waals surface area contributed by atoms with Gasteiger partial charge in [-0.25, -0.2) is 4.79 Å². The molecule has 2 aromatic carbocycles. The lowest BCUT2D eigenvalue weighted by Crippen LogP contribution is -2.20. The first-order valence-corrected chi connectivity index (χ1v) is 8.63. The van der Waals surface area contributed by atoms with Gasteiger partial charge in [-0.1, -0.05) is 6.07 Å². The fraction of sp³-hybridized carbons (Fsp3) is 0.250. The van der Waals surface area contributed by atoms with E-state index in [1.165, 1.54) is 7.11 Å². The summed E-state index contributed by atoms with van der Waals surface area (Å²) in [4.78, 5) is 20.7. The highest BCUT2D eigenvalue weighted by Gasteiger charge is 2.21. The van der Waals surface area contributed by atoms with Crippen LogP contribution < -0.4 is 20.5 Å². The lowest BCUT2D eigenvalue weighted by Gasteiger charge is -2.18. The Balaban J connectivity index is 0.000000960. The van der Waals surface area contributed by atoms with E-state index >= 15 is 0 Å². The van der Waals surface area contributed by atoms with Crippen molar-refractivity contribution in [3.8, 4) is 11.5 Å². The SMILES string of the molecule is CC(=O)O.CCOc1ccc(C(Nc2ccc(C(=N)N)cc2)C(=O)O)cc1OC. The normalized spacial score (nSPS) is 10.7. The van der Waals surface area contributed by atoms with Gasteiger partial charge in [0.05, 0.1) is 13.7 Å². The molecule has 156 valence electrons. The van der Waals surface area contributed by atoms with Crippen LogP contribution in [0.4, 0.5) is 5.69 Å². The van der Waals surface area contributed by atoms with Crippen molar-refractivity contribution in [2.45, 2.75) is 19.9 Å². The summed E-state index contributed by atoms with van der Waals surface area (Å²) in [5, 5.41) is 27.3. The number of methoxy groups -OCH3 is 1. The van der Waals surface area contributed by atoms with Crippen LogP contribution in [0.1, 0.15) is 31.0 Å². The fourth-order valence-corrected chi connectivity index (χ4v) is 2.34. The highest BCUT2D eigenvalue weighted by Crippen LogP contribution is 2.31. The first-order valence-electron chi connectivity index (χ1n) is 8.63. The molecule has 9 heteroatoms. The maximum atomic E-state index is 11.7. The van der Waals surface area contributed by atoms with Gasteiger partial charge in [0.25, 0.3) is 5.97 Å². The fourth-order valence-electron chi connectivity index (χ4n) is 2.34. The molecule has 29 heavy (non-hydrogen) atoms. The van der Waals surface area contributed by atoms with Crippen molar-refractivity contribution in [2.75, 3.05) is 19.0 Å². The minimum absolute atomic E-state index is 0.0439. The Morgan fingerprint density at radius 3 is 2.17 bits per heavy atom. The summed E-state index contributed by atoms with van der Waals surface area (Å²) >= 11 is 0. The second kappa shape index (κ2) is 11.2. The molecule has 1 atom stereocenters. The van der Waals surface area contributed by atoms with Gasteiger partial charge in [-0.3, -0.25) is 10.2 Å². The molecule has 0 saturated heterocycles. The zero-order chi connectivity index (χ0) is 22.0. The van der Waals surface area contributed by atoms with Crippen LogP contribution in [0.15, 0.2) is 42.5 Å². The molecule has 0 spiro atoms. The van der Waals surface area contributed by atoms with E-state index in [1.54, 1.807) is 42.5 Å². The van der Waals surface area contributed by atoms with E-state index in [2.05, 4.69) is 5.32 Å². The third kappa shape index (κ3) is 7.41. The zero-order valence-electron chi connectivity index (χ0n) is 16.4. The molecule has 0 aliphatic heterocycles. The zero-order valence-corrected chi connectivity index (χ0v) is 16.4. The number of hydrogen-bond donors (Lipinski definition) is 5. The van der Waals surface area contributed by atoms with Crippen LogP contribution in [0.5, 0.6) is 11.5 Å². The summed E-state index contributed by atoms with van der Waals surface area (Å²) in [5.74, 6) is -0.873. The number of nitrogens with one attached hydrogen (secondary N) is 2. The predicted octanol–water partition coefficient (Wildman–Crippen LogP) is 2.71. The molecule has 0 aromatic heterocycles. The van der Waals surface area contributed by atoms with Crippen LogP contribution >= 0.6 is 0 Å². The van der Waals surface area contributed by atoms with Gasteiger partial charge < -0.3 is 30.7 Å². The highest BCUT2D eigenvalue weighted by molar-refractivity contribution is 5.95. The molecular formula is C20H25N3O6. The van der Waals surface area contributed by atoms with Crippen molar-refractivity contribution in [1.29, 1.82) is 5.41 Å². The van der Waals surface area contributed by atoms with Gasteiger partial charge in [0, 0.05) is 18.2 Å². The summed E-state index contributed by atoms with van der Waals surface area (Å²) in [7, 11) is 1.51. The number of amidine groups is 1. The van der Waals surface area contributed by atoms with E-state index in [0.29, 0.717) is 34.9 Å². The molecule has 0 aliphatic rings. The smallest absolute Gasteiger partial charge is 0.330 e. The third-order valence-electron chi connectivity index (χ3n) is 3.57. The Morgan fingerprint density at radius 1 is 1.14 bits per heavy atom. The molecular weight excluding hydrogens is 378 g/mol. The average molecular weight is 403 g/mol. The summed E-state index contributed by atoms with van der Waals surface area (Å²) < 4.78 is 10.7. The lowest BCUT2D eigenvalue weighted by molar-refractivity contribution is -0.138. The van der Waals surface area contributed by atoms with Crippen LogP contribution in [0.25, 0.3) is 0 Å². The quantitative estimate of drug-likeness (QED) is 0.333. The van der Waals surface area contributed by atoms with E-state index < -0.39 is 18.0 Å². The second-order valence-corrected chi connectivity index (χ2v) is 5.77. The van der Waals surface area contributed by atoms with Crippen molar-refractivity contribution in [2.24, 2.45) is 5.73 Å². The van der Waals surface area contributed by atoms with E-state index in [0.717, 1.165) is 6.92 Å². The van der Waals surface area contributed by atoms with Crippen molar-refractivity contribution >= 4 is 23.5 Å². The number of carbonyl (C=O) groups is 2. The summed E-state index contributed by atoms with van der Waals surface area (Å²) in [6.07, 6.45) is 0. The summed E-state index contributed by atoms with van der Waals surface area (Å²) in [5.41, 5.74) is 7.12. The van der Waals surface area contributed by atoms with Gasteiger partial charge in [0.15, 0.2) is 17.5 Å². The van der Waals surface area contributed by atoms with Crippen molar-refractivity contribution < 1.29 is 29.3 Å². The molecule has 0 bridgehead atoms. The first kappa shape index (κ1) is 23.3. The molecule has 0 heterocycles. The minimum atomic E-state index is -1.03. The largest absolute Gasteiger partial charge is 0.493 e. The summed E-state index contributed by atoms with van der Waals surface area (Å²) in [6, 6.07) is 10.7. The lowest BCUT2D eigenvalue weighted by atomic mass is 10.1. The highest BCUT2D eigenvalue weighted by atomic mass is 16.5. The third-order valence-corrected chi connectivity index (χ3v) is 3.57. The summed E-state index contributed by atoms with van der Waals surface area (Å²) in [6.45, 7) is 3.43. The van der Waals surface area contributed by atoms with Gasteiger partial charge in [-0.2, -0.15) is 0 Å². The number of aliphatic carboxylic acids is 2. The van der Waals surface area contributed by atoms with Crippen molar-refractivity contribution in [3.05, 3.63) is 53.6 Å². The monoisotopic (exact) mass is 403 g/mol. The standard InChI is InChI=1S/C18H21N3O4.C2H4O2/c1-3-25-14-9-6-12(10-15(14)24-2)16(18(22)23)21-13-7-4-11(5-8-13)17(19)20;1-2(3)4/h4-10,16,21H,3H2,1-2H3,(H3,19,20)(H,22,23);1H3,(H,3,4). The minimum Gasteiger partial charge on any atom is -0.493 e. The number of ether oxygens (including phenoxy) is 2. The molecule has 6 N–H and O–H groups in total. The van der Waals surface area contributed by atoms with Crippen molar-refractivity contribution in [3.63, 3.8) is 0 Å². The molecule has 1 unspecified atom stereocenters. The van der Waals surface area contributed by atoms with E-state index in [4.69, 9.17) is 30.5 Å². The van der Waals surface area contributed by atoms with Gasteiger partial charge in [-0.05, 0) is 48.9 Å². The Kier molecular flexibility index (Phi) is 8.97. The van der Waals surface area contributed by atoms with Crippen LogP contribution in [0.2, 0.25) is 0 Å². The Hall–Kier alpha value is -3.75. The molecule has 0 saturated carbocycles. The van der Waals surface area contributed by atoms with Gasteiger partial charge in [-0.15, -0.1) is 0 Å². The van der Waals surface area contributed by atoms with E-state index in [-0.39, 0.29) is 5.84 Å². The second-order valence-electron chi connectivity index (χ2n) is 5.77.